The molecule has 2 nitrogen and oxygen atoms in total. The van der Waals surface area contributed by atoms with Crippen LogP contribution in [0.2, 0.25) is 0 Å². The van der Waals surface area contributed by atoms with Crippen molar-refractivity contribution in [1.29, 1.82) is 0 Å². The van der Waals surface area contributed by atoms with Gasteiger partial charge in [-0.1, -0.05) is 30.3 Å². The average Bonchev–Trinajstić information content (AvgIpc) is 2.41. The van der Waals surface area contributed by atoms with Crippen LogP contribution in [0.25, 0.3) is 0 Å². The minimum absolute atomic E-state index is 0.00546. The highest BCUT2D eigenvalue weighted by molar-refractivity contribution is 5.38. The third kappa shape index (κ3) is 2.97. The standard InChI is InChI=1S/C14H12F4N2/c15-10-7-5-9(6-8-10)13(20-19)11-3-1-2-4-12(11)14(16,17)18/h1-8,13,20H,19H2. The summed E-state index contributed by atoms with van der Waals surface area (Å²) in [4.78, 5) is 0. The molecule has 3 N–H and O–H groups in total. The Bertz CT molecular complexity index is 578. The normalized spacial score (nSPS) is 13.2. The van der Waals surface area contributed by atoms with Crippen molar-refractivity contribution < 1.29 is 17.6 Å². The molecule has 0 saturated carbocycles. The maximum Gasteiger partial charge on any atom is 0.416 e. The van der Waals surface area contributed by atoms with Gasteiger partial charge in [0.25, 0.3) is 0 Å². The Morgan fingerprint density at radius 2 is 1.55 bits per heavy atom. The van der Waals surface area contributed by atoms with E-state index in [4.69, 9.17) is 5.84 Å². The van der Waals surface area contributed by atoms with E-state index >= 15 is 0 Å². The van der Waals surface area contributed by atoms with Gasteiger partial charge in [-0.05, 0) is 29.3 Å². The van der Waals surface area contributed by atoms with E-state index in [1.54, 1.807) is 0 Å². The van der Waals surface area contributed by atoms with Gasteiger partial charge in [-0.15, -0.1) is 0 Å². The number of nitrogens with one attached hydrogen (secondary N) is 1. The first-order valence-electron chi connectivity index (χ1n) is 5.81. The van der Waals surface area contributed by atoms with Gasteiger partial charge in [-0.3, -0.25) is 5.84 Å². The van der Waals surface area contributed by atoms with E-state index in [1.807, 2.05) is 0 Å². The number of nitrogens with two attached hydrogens (primary N) is 1. The van der Waals surface area contributed by atoms with Crippen molar-refractivity contribution in [2.24, 2.45) is 5.84 Å². The average molecular weight is 284 g/mol. The second-order valence-electron chi connectivity index (χ2n) is 4.24. The molecule has 0 amide bonds. The molecule has 2 rings (SSSR count). The SMILES string of the molecule is NNC(c1ccc(F)cc1)c1ccccc1C(F)(F)F. The molecule has 1 unspecified atom stereocenters. The van der Waals surface area contributed by atoms with Crippen LogP contribution in [0.5, 0.6) is 0 Å². The fourth-order valence-electron chi connectivity index (χ4n) is 2.03. The van der Waals surface area contributed by atoms with Crippen LogP contribution in [-0.4, -0.2) is 0 Å². The van der Waals surface area contributed by atoms with E-state index in [2.05, 4.69) is 5.43 Å². The highest BCUT2D eigenvalue weighted by Gasteiger charge is 2.35. The fraction of sp³-hybridized carbons (Fsp3) is 0.143. The molecule has 0 radical (unpaired) electrons. The Labute approximate surface area is 113 Å². The van der Waals surface area contributed by atoms with Crippen LogP contribution in [0.15, 0.2) is 48.5 Å². The lowest BCUT2D eigenvalue weighted by Gasteiger charge is -2.21. The molecular formula is C14H12F4N2. The first-order chi connectivity index (χ1) is 9.43. The van der Waals surface area contributed by atoms with Gasteiger partial charge >= 0.3 is 6.18 Å². The minimum Gasteiger partial charge on any atom is -0.271 e. The van der Waals surface area contributed by atoms with E-state index in [0.717, 1.165) is 6.07 Å². The third-order valence-corrected chi connectivity index (χ3v) is 2.95. The molecule has 0 fully saturated rings. The maximum atomic E-state index is 13.0. The van der Waals surface area contributed by atoms with Crippen LogP contribution >= 0.6 is 0 Å². The number of hydrazine groups is 1. The van der Waals surface area contributed by atoms with Gasteiger partial charge < -0.3 is 0 Å². The second kappa shape index (κ2) is 5.60. The van der Waals surface area contributed by atoms with E-state index in [0.29, 0.717) is 5.56 Å². The van der Waals surface area contributed by atoms with Gasteiger partial charge in [0.2, 0.25) is 0 Å². The molecule has 0 saturated heterocycles. The van der Waals surface area contributed by atoms with Crippen molar-refractivity contribution >= 4 is 0 Å². The largest absolute Gasteiger partial charge is 0.416 e. The van der Waals surface area contributed by atoms with Gasteiger partial charge in [-0.25, -0.2) is 9.82 Å². The predicted molar refractivity (Wildman–Crippen MR) is 67.0 cm³/mol. The van der Waals surface area contributed by atoms with Gasteiger partial charge in [-0.2, -0.15) is 13.2 Å². The zero-order valence-corrected chi connectivity index (χ0v) is 10.3. The van der Waals surface area contributed by atoms with E-state index in [1.165, 1.54) is 42.5 Å². The van der Waals surface area contributed by atoms with Crippen LogP contribution < -0.4 is 11.3 Å². The van der Waals surface area contributed by atoms with E-state index < -0.39 is 23.6 Å². The van der Waals surface area contributed by atoms with Crippen molar-refractivity contribution in [3.8, 4) is 0 Å². The Kier molecular flexibility index (Phi) is 4.06. The summed E-state index contributed by atoms with van der Waals surface area (Å²) in [6, 6.07) is 9.42. The summed E-state index contributed by atoms with van der Waals surface area (Å²) in [5.41, 5.74) is 2.02. The smallest absolute Gasteiger partial charge is 0.271 e. The van der Waals surface area contributed by atoms with Crippen molar-refractivity contribution in [3.05, 3.63) is 71.0 Å². The Balaban J connectivity index is 2.50. The minimum atomic E-state index is -4.48. The topological polar surface area (TPSA) is 38.0 Å². The van der Waals surface area contributed by atoms with Crippen LogP contribution in [0, 0.1) is 5.82 Å². The molecule has 2 aromatic rings. The first kappa shape index (κ1) is 14.5. The molecule has 1 atom stereocenters. The van der Waals surface area contributed by atoms with Crippen molar-refractivity contribution in [3.63, 3.8) is 0 Å². The molecule has 2 aromatic carbocycles. The lowest BCUT2D eigenvalue weighted by atomic mass is 9.94. The maximum absolute atomic E-state index is 13.0. The van der Waals surface area contributed by atoms with Crippen LogP contribution in [0.4, 0.5) is 17.6 Å². The number of benzene rings is 2. The molecular weight excluding hydrogens is 272 g/mol. The Hall–Kier alpha value is -1.92. The predicted octanol–water partition coefficient (Wildman–Crippen LogP) is 3.40. The third-order valence-electron chi connectivity index (χ3n) is 2.95. The number of halogens is 4. The Morgan fingerprint density at radius 1 is 0.950 bits per heavy atom. The molecule has 0 aromatic heterocycles. The van der Waals surface area contributed by atoms with Gasteiger partial charge in [0, 0.05) is 0 Å². The monoisotopic (exact) mass is 284 g/mol. The molecule has 0 spiro atoms. The van der Waals surface area contributed by atoms with Crippen LogP contribution in [-0.2, 0) is 6.18 Å². The molecule has 0 aliphatic carbocycles. The summed E-state index contributed by atoms with van der Waals surface area (Å²) in [6.45, 7) is 0. The molecule has 0 heterocycles. The first-order valence-corrected chi connectivity index (χ1v) is 5.81. The van der Waals surface area contributed by atoms with Gasteiger partial charge in [0.15, 0.2) is 0 Å². The van der Waals surface area contributed by atoms with Crippen molar-refractivity contribution in [2.75, 3.05) is 0 Å². The van der Waals surface area contributed by atoms with Gasteiger partial charge in [0.05, 0.1) is 11.6 Å². The fourth-order valence-corrected chi connectivity index (χ4v) is 2.03. The molecule has 6 heteroatoms. The summed E-state index contributed by atoms with van der Waals surface area (Å²) < 4.78 is 51.9. The van der Waals surface area contributed by atoms with Gasteiger partial charge in [0.1, 0.15) is 5.82 Å². The van der Waals surface area contributed by atoms with Crippen LogP contribution in [0.3, 0.4) is 0 Å². The summed E-state index contributed by atoms with van der Waals surface area (Å²) in [5, 5.41) is 0. The van der Waals surface area contributed by atoms with E-state index in [9.17, 15) is 17.6 Å². The highest BCUT2D eigenvalue weighted by Crippen LogP contribution is 2.36. The zero-order chi connectivity index (χ0) is 14.8. The van der Waals surface area contributed by atoms with E-state index in [-0.39, 0.29) is 5.56 Å². The molecule has 106 valence electrons. The number of hydrogen-bond acceptors (Lipinski definition) is 2. The number of alkyl halides is 3. The second-order valence-corrected chi connectivity index (χ2v) is 4.24. The summed E-state index contributed by atoms with van der Waals surface area (Å²) >= 11 is 0. The quantitative estimate of drug-likeness (QED) is 0.515. The molecule has 20 heavy (non-hydrogen) atoms. The van der Waals surface area contributed by atoms with Crippen molar-refractivity contribution in [1.82, 2.24) is 5.43 Å². The number of hydrogen-bond donors (Lipinski definition) is 2. The summed E-state index contributed by atoms with van der Waals surface area (Å²) in [5.74, 6) is 4.91. The lowest BCUT2D eigenvalue weighted by Crippen LogP contribution is -2.30. The zero-order valence-electron chi connectivity index (χ0n) is 10.3. The summed E-state index contributed by atoms with van der Waals surface area (Å²) in [6.07, 6.45) is -4.48. The Morgan fingerprint density at radius 3 is 2.10 bits per heavy atom. The summed E-state index contributed by atoms with van der Waals surface area (Å²) in [7, 11) is 0. The molecule has 0 aliphatic rings. The van der Waals surface area contributed by atoms with Crippen LogP contribution in [0.1, 0.15) is 22.7 Å². The molecule has 0 aliphatic heterocycles. The highest BCUT2D eigenvalue weighted by atomic mass is 19.4. The van der Waals surface area contributed by atoms with Crippen molar-refractivity contribution in [2.45, 2.75) is 12.2 Å². The number of rotatable bonds is 3. The lowest BCUT2D eigenvalue weighted by molar-refractivity contribution is -0.138. The molecule has 0 bridgehead atoms.